The van der Waals surface area contributed by atoms with Crippen molar-refractivity contribution in [1.82, 2.24) is 25.2 Å². The lowest BCUT2D eigenvalue weighted by atomic mass is 9.99. The number of hydrogen-bond donors (Lipinski definition) is 3. The van der Waals surface area contributed by atoms with Crippen LogP contribution in [-0.2, 0) is 0 Å². The van der Waals surface area contributed by atoms with E-state index >= 15 is 0 Å². The lowest BCUT2D eigenvalue weighted by Crippen LogP contribution is -2.31. The van der Waals surface area contributed by atoms with E-state index < -0.39 is 0 Å². The van der Waals surface area contributed by atoms with E-state index in [4.69, 9.17) is 4.98 Å². The number of nitrogens with one attached hydrogen (secondary N) is 3. The maximum Gasteiger partial charge on any atom is 0.256 e. The van der Waals surface area contributed by atoms with Crippen molar-refractivity contribution < 1.29 is 4.79 Å². The molecule has 0 atom stereocenters. The van der Waals surface area contributed by atoms with Gasteiger partial charge in [-0.2, -0.15) is 0 Å². The molecule has 7 nitrogen and oxygen atoms in total. The summed E-state index contributed by atoms with van der Waals surface area (Å²) in [5.41, 5.74) is 2.15. The van der Waals surface area contributed by atoms with Crippen LogP contribution in [0.25, 0.3) is 32.6 Å². The molecule has 2 aromatic heterocycles. The second-order valence-corrected chi connectivity index (χ2v) is 8.74. The number of nitrogens with zero attached hydrogens (tertiary/aromatic N) is 2. The van der Waals surface area contributed by atoms with Crippen LogP contribution in [0, 0.1) is 0 Å². The number of hydrogen-bond acceptors (Lipinski definition) is 4. The minimum Gasteiger partial charge on any atom is -0.351 e. The van der Waals surface area contributed by atoms with Crippen molar-refractivity contribution in [2.75, 3.05) is 27.2 Å². The number of fused-ring (bicyclic) bond motifs is 6. The SMILES string of the molecule is CN(C)CCNC(=O)c1ccc2c(c1)c1c(=O)[nH]ccc1c1nc(C3CCCC3)[nH]c21. The van der Waals surface area contributed by atoms with E-state index in [1.54, 1.807) is 6.20 Å². The molecule has 0 spiro atoms. The number of carbonyl (C=O) groups is 1. The molecule has 1 aliphatic carbocycles. The molecule has 1 saturated carbocycles. The molecule has 0 bridgehead atoms. The van der Waals surface area contributed by atoms with Crippen LogP contribution in [0.4, 0.5) is 0 Å². The van der Waals surface area contributed by atoms with Crippen LogP contribution in [0.2, 0.25) is 0 Å². The number of rotatable bonds is 5. The highest BCUT2D eigenvalue weighted by Gasteiger charge is 2.23. The van der Waals surface area contributed by atoms with Crippen molar-refractivity contribution in [2.45, 2.75) is 31.6 Å². The van der Waals surface area contributed by atoms with Gasteiger partial charge in [-0.3, -0.25) is 9.59 Å². The van der Waals surface area contributed by atoms with E-state index in [1.807, 2.05) is 43.3 Å². The molecule has 4 aromatic rings. The van der Waals surface area contributed by atoms with Gasteiger partial charge in [0, 0.05) is 41.5 Å². The molecule has 0 unspecified atom stereocenters. The zero-order chi connectivity index (χ0) is 21.5. The van der Waals surface area contributed by atoms with Gasteiger partial charge in [-0.05, 0) is 50.5 Å². The molecule has 0 radical (unpaired) electrons. The first-order valence-electron chi connectivity index (χ1n) is 10.9. The molecule has 0 aliphatic heterocycles. The quantitative estimate of drug-likeness (QED) is 0.433. The Labute approximate surface area is 179 Å². The predicted octanol–water partition coefficient (Wildman–Crippen LogP) is 3.51. The summed E-state index contributed by atoms with van der Waals surface area (Å²) in [5, 5.41) is 6.03. The smallest absolute Gasteiger partial charge is 0.256 e. The number of aromatic nitrogens is 3. The normalized spacial score (nSPS) is 14.9. The molecule has 1 amide bonds. The second kappa shape index (κ2) is 7.81. The Morgan fingerprint density at radius 1 is 1.16 bits per heavy atom. The van der Waals surface area contributed by atoms with Gasteiger partial charge >= 0.3 is 0 Å². The van der Waals surface area contributed by atoms with E-state index in [0.29, 0.717) is 23.4 Å². The summed E-state index contributed by atoms with van der Waals surface area (Å²) < 4.78 is 0. The first-order chi connectivity index (χ1) is 15.0. The Hall–Kier alpha value is -3.19. The summed E-state index contributed by atoms with van der Waals surface area (Å²) >= 11 is 0. The number of benzene rings is 2. The number of aromatic amines is 2. The molecule has 1 fully saturated rings. The van der Waals surface area contributed by atoms with Crippen molar-refractivity contribution in [2.24, 2.45) is 0 Å². The molecule has 1 aliphatic rings. The van der Waals surface area contributed by atoms with Crippen molar-refractivity contribution in [1.29, 1.82) is 0 Å². The van der Waals surface area contributed by atoms with Gasteiger partial charge in [-0.1, -0.05) is 18.9 Å². The fourth-order valence-corrected chi connectivity index (χ4v) is 4.72. The Kier molecular flexibility index (Phi) is 4.98. The molecule has 31 heavy (non-hydrogen) atoms. The molecule has 2 heterocycles. The molecule has 3 N–H and O–H groups in total. The number of carbonyl (C=O) groups excluding carboxylic acids is 1. The van der Waals surface area contributed by atoms with Crippen LogP contribution in [0.1, 0.15) is 47.8 Å². The Morgan fingerprint density at radius 3 is 2.74 bits per heavy atom. The number of H-pyrrole nitrogens is 2. The van der Waals surface area contributed by atoms with Gasteiger partial charge in [0.1, 0.15) is 5.82 Å². The number of amides is 1. The van der Waals surface area contributed by atoms with Gasteiger partial charge in [0.25, 0.3) is 11.5 Å². The molecule has 2 aromatic carbocycles. The number of imidazole rings is 1. The summed E-state index contributed by atoms with van der Waals surface area (Å²) in [6, 6.07) is 7.49. The fraction of sp³-hybridized carbons (Fsp3) is 0.375. The average molecular weight is 418 g/mol. The third-order valence-electron chi connectivity index (χ3n) is 6.34. The highest BCUT2D eigenvalue weighted by molar-refractivity contribution is 6.23. The third kappa shape index (κ3) is 3.49. The lowest BCUT2D eigenvalue weighted by molar-refractivity contribution is 0.0951. The first kappa shape index (κ1) is 19.8. The van der Waals surface area contributed by atoms with Gasteiger partial charge < -0.3 is 20.2 Å². The van der Waals surface area contributed by atoms with Crippen LogP contribution in [0.3, 0.4) is 0 Å². The lowest BCUT2D eigenvalue weighted by Gasteiger charge is -2.11. The van der Waals surface area contributed by atoms with E-state index in [9.17, 15) is 9.59 Å². The minimum absolute atomic E-state index is 0.138. The minimum atomic E-state index is -0.167. The Bertz CT molecular complexity index is 1350. The Morgan fingerprint density at radius 2 is 1.97 bits per heavy atom. The third-order valence-corrected chi connectivity index (χ3v) is 6.34. The van der Waals surface area contributed by atoms with Crippen LogP contribution < -0.4 is 10.9 Å². The number of likely N-dealkylation sites (N-methyl/N-ethyl adjacent to an activating group) is 1. The number of pyridine rings is 1. The zero-order valence-corrected chi connectivity index (χ0v) is 17.9. The van der Waals surface area contributed by atoms with Crippen LogP contribution in [0.15, 0.2) is 35.3 Å². The van der Waals surface area contributed by atoms with E-state index in [-0.39, 0.29) is 11.5 Å². The van der Waals surface area contributed by atoms with Crippen molar-refractivity contribution in [3.63, 3.8) is 0 Å². The molecule has 5 rings (SSSR count). The van der Waals surface area contributed by atoms with Gasteiger partial charge in [0.15, 0.2) is 0 Å². The summed E-state index contributed by atoms with van der Waals surface area (Å²) in [5.74, 6) is 1.31. The van der Waals surface area contributed by atoms with Gasteiger partial charge in [0.05, 0.1) is 16.4 Å². The molecular formula is C24H27N5O2. The van der Waals surface area contributed by atoms with E-state index in [2.05, 4.69) is 15.3 Å². The second-order valence-electron chi connectivity index (χ2n) is 8.74. The van der Waals surface area contributed by atoms with Crippen LogP contribution in [-0.4, -0.2) is 52.9 Å². The summed E-state index contributed by atoms with van der Waals surface area (Å²) in [6.45, 7) is 1.33. The summed E-state index contributed by atoms with van der Waals surface area (Å²) in [4.78, 5) is 38.8. The standard InChI is InChI=1S/C24H27N5O2/c1-29(2)12-11-26-23(30)15-7-8-16-18(13-15)19-17(9-10-25-24(19)31)21-20(16)27-22(28-21)14-5-3-4-6-14/h7-10,13-14H,3-6,11-12H2,1-2H3,(H,25,31)(H,26,30)(H,27,28). The zero-order valence-electron chi connectivity index (χ0n) is 17.9. The first-order valence-corrected chi connectivity index (χ1v) is 10.9. The maximum atomic E-state index is 12.8. The molecule has 0 saturated heterocycles. The van der Waals surface area contributed by atoms with Gasteiger partial charge in [-0.25, -0.2) is 4.98 Å². The van der Waals surface area contributed by atoms with Crippen molar-refractivity contribution in [3.05, 3.63) is 52.2 Å². The fourth-order valence-electron chi connectivity index (χ4n) is 4.72. The summed E-state index contributed by atoms with van der Waals surface area (Å²) in [7, 11) is 3.94. The van der Waals surface area contributed by atoms with E-state index in [0.717, 1.165) is 52.4 Å². The van der Waals surface area contributed by atoms with Crippen LogP contribution in [0.5, 0.6) is 0 Å². The monoisotopic (exact) mass is 417 g/mol. The topological polar surface area (TPSA) is 93.9 Å². The van der Waals surface area contributed by atoms with Gasteiger partial charge in [0.2, 0.25) is 0 Å². The Balaban J connectivity index is 1.68. The van der Waals surface area contributed by atoms with Gasteiger partial charge in [-0.15, -0.1) is 0 Å². The molecular weight excluding hydrogens is 390 g/mol. The highest BCUT2D eigenvalue weighted by atomic mass is 16.1. The largest absolute Gasteiger partial charge is 0.351 e. The van der Waals surface area contributed by atoms with Crippen LogP contribution >= 0.6 is 0 Å². The van der Waals surface area contributed by atoms with Crippen molar-refractivity contribution in [3.8, 4) is 0 Å². The molecule has 7 heteroatoms. The average Bonchev–Trinajstić information content (AvgIpc) is 3.43. The predicted molar refractivity (Wildman–Crippen MR) is 124 cm³/mol. The summed E-state index contributed by atoms with van der Waals surface area (Å²) in [6.07, 6.45) is 6.42. The van der Waals surface area contributed by atoms with Crippen molar-refractivity contribution >= 4 is 38.5 Å². The molecule has 160 valence electrons. The maximum absolute atomic E-state index is 12.8. The van der Waals surface area contributed by atoms with E-state index in [1.165, 1.54) is 12.8 Å². The highest BCUT2D eigenvalue weighted by Crippen LogP contribution is 2.37.